The fourth-order valence-corrected chi connectivity index (χ4v) is 2.45. The summed E-state index contributed by atoms with van der Waals surface area (Å²) in [5.74, 6) is -0.780. The van der Waals surface area contributed by atoms with E-state index in [1.54, 1.807) is 38.1 Å². The normalized spacial score (nSPS) is 10.2. The molecule has 0 aliphatic rings. The molecular formula is C19H20N4O5S. The lowest BCUT2D eigenvalue weighted by Crippen LogP contribution is -2.34. The van der Waals surface area contributed by atoms with Crippen molar-refractivity contribution in [3.05, 3.63) is 58.1 Å². The number of nitro benzene ring substituents is 1. The molecule has 2 aromatic carbocycles. The van der Waals surface area contributed by atoms with Crippen LogP contribution in [0.15, 0.2) is 42.5 Å². The Kier molecular flexibility index (Phi) is 7.21. The lowest BCUT2D eigenvalue weighted by atomic mass is 10.1. The average Bonchev–Trinajstić information content (AvgIpc) is 2.68. The number of thiocarbonyl (C=S) groups is 1. The van der Waals surface area contributed by atoms with E-state index >= 15 is 0 Å². The van der Waals surface area contributed by atoms with Crippen LogP contribution in [0.25, 0.3) is 0 Å². The number of rotatable bonds is 6. The Bertz CT molecular complexity index is 944. The van der Waals surface area contributed by atoms with Gasteiger partial charge in [-0.3, -0.25) is 25.0 Å². The van der Waals surface area contributed by atoms with Gasteiger partial charge in [-0.05, 0) is 48.6 Å². The molecule has 0 aliphatic heterocycles. The molecule has 9 nitrogen and oxygen atoms in total. The predicted octanol–water partition coefficient (Wildman–Crippen LogP) is 3.32. The van der Waals surface area contributed by atoms with Crippen molar-refractivity contribution in [2.75, 3.05) is 17.7 Å². The number of benzene rings is 2. The average molecular weight is 416 g/mol. The molecule has 152 valence electrons. The van der Waals surface area contributed by atoms with Crippen LogP contribution in [0.5, 0.6) is 5.75 Å². The highest BCUT2D eigenvalue weighted by Crippen LogP contribution is 2.27. The van der Waals surface area contributed by atoms with Gasteiger partial charge < -0.3 is 15.4 Å². The molecule has 0 aliphatic carbocycles. The van der Waals surface area contributed by atoms with E-state index in [2.05, 4.69) is 16.0 Å². The van der Waals surface area contributed by atoms with Crippen molar-refractivity contribution in [1.29, 1.82) is 0 Å². The molecule has 2 amide bonds. The summed E-state index contributed by atoms with van der Waals surface area (Å²) < 4.78 is 4.91. The van der Waals surface area contributed by atoms with Crippen LogP contribution in [0.2, 0.25) is 0 Å². The topological polar surface area (TPSA) is 123 Å². The van der Waals surface area contributed by atoms with E-state index in [0.717, 1.165) is 6.07 Å². The number of carbonyl (C=O) groups is 2. The second-order valence-corrected chi connectivity index (χ2v) is 6.68. The first-order valence-corrected chi connectivity index (χ1v) is 8.97. The first kappa shape index (κ1) is 21.8. The summed E-state index contributed by atoms with van der Waals surface area (Å²) in [6, 6.07) is 10.6. The number of nitro groups is 1. The molecule has 0 saturated carbocycles. The van der Waals surface area contributed by atoms with E-state index in [1.165, 1.54) is 19.2 Å². The molecule has 0 aromatic heterocycles. The molecule has 0 heterocycles. The summed E-state index contributed by atoms with van der Waals surface area (Å²) in [5.41, 5.74) is 0.972. The van der Waals surface area contributed by atoms with Crippen LogP contribution in [0.1, 0.15) is 24.2 Å². The monoisotopic (exact) mass is 416 g/mol. The molecule has 0 atom stereocenters. The third-order valence-electron chi connectivity index (χ3n) is 3.80. The van der Waals surface area contributed by atoms with Gasteiger partial charge in [0.05, 0.1) is 12.0 Å². The van der Waals surface area contributed by atoms with Gasteiger partial charge in [-0.1, -0.05) is 13.8 Å². The number of anilines is 2. The summed E-state index contributed by atoms with van der Waals surface area (Å²) in [6.07, 6.45) is 0. The van der Waals surface area contributed by atoms with E-state index in [1.807, 2.05) is 0 Å². The van der Waals surface area contributed by atoms with Crippen LogP contribution in [0, 0.1) is 16.0 Å². The summed E-state index contributed by atoms with van der Waals surface area (Å²) in [5, 5.41) is 19.2. The van der Waals surface area contributed by atoms with Gasteiger partial charge >= 0.3 is 5.69 Å². The molecule has 3 N–H and O–H groups in total. The van der Waals surface area contributed by atoms with Crippen molar-refractivity contribution < 1.29 is 19.2 Å². The van der Waals surface area contributed by atoms with Crippen molar-refractivity contribution in [2.45, 2.75) is 13.8 Å². The van der Waals surface area contributed by atoms with Crippen LogP contribution in [0.4, 0.5) is 17.1 Å². The zero-order valence-electron chi connectivity index (χ0n) is 16.0. The fourth-order valence-electron chi connectivity index (χ4n) is 2.24. The third kappa shape index (κ3) is 5.98. The van der Waals surface area contributed by atoms with Crippen LogP contribution in [-0.2, 0) is 4.79 Å². The molecule has 0 spiro atoms. The van der Waals surface area contributed by atoms with Gasteiger partial charge in [0.2, 0.25) is 5.91 Å². The highest BCUT2D eigenvalue weighted by atomic mass is 32.1. The fraction of sp³-hybridized carbons (Fsp3) is 0.211. The van der Waals surface area contributed by atoms with Crippen molar-refractivity contribution in [2.24, 2.45) is 5.92 Å². The molecule has 2 aromatic rings. The van der Waals surface area contributed by atoms with E-state index < -0.39 is 10.8 Å². The zero-order valence-corrected chi connectivity index (χ0v) is 16.8. The largest absolute Gasteiger partial charge is 0.490 e. The molecule has 0 bridgehead atoms. The van der Waals surface area contributed by atoms with E-state index in [4.69, 9.17) is 17.0 Å². The first-order chi connectivity index (χ1) is 13.7. The van der Waals surface area contributed by atoms with Crippen molar-refractivity contribution in [1.82, 2.24) is 5.32 Å². The van der Waals surface area contributed by atoms with E-state index in [9.17, 15) is 19.7 Å². The second-order valence-electron chi connectivity index (χ2n) is 6.27. The second kappa shape index (κ2) is 9.60. The zero-order chi connectivity index (χ0) is 21.6. The number of amides is 2. The quantitative estimate of drug-likeness (QED) is 0.375. The molecule has 0 saturated heterocycles. The number of nitrogens with zero attached hydrogens (tertiary/aromatic N) is 1. The summed E-state index contributed by atoms with van der Waals surface area (Å²) in [7, 11) is 1.31. The minimum Gasteiger partial charge on any atom is -0.490 e. The number of hydrogen-bond donors (Lipinski definition) is 3. The maximum Gasteiger partial charge on any atom is 0.311 e. The van der Waals surface area contributed by atoms with Gasteiger partial charge in [0.15, 0.2) is 10.9 Å². The molecule has 29 heavy (non-hydrogen) atoms. The van der Waals surface area contributed by atoms with E-state index in [0.29, 0.717) is 11.4 Å². The van der Waals surface area contributed by atoms with Crippen molar-refractivity contribution in [3.63, 3.8) is 0 Å². The van der Waals surface area contributed by atoms with Gasteiger partial charge in [-0.2, -0.15) is 0 Å². The summed E-state index contributed by atoms with van der Waals surface area (Å²) in [4.78, 5) is 34.4. The van der Waals surface area contributed by atoms with Gasteiger partial charge in [0.1, 0.15) is 0 Å². The van der Waals surface area contributed by atoms with Gasteiger partial charge in [0, 0.05) is 28.9 Å². The lowest BCUT2D eigenvalue weighted by Gasteiger charge is -2.11. The minimum absolute atomic E-state index is 0.0208. The molecular weight excluding hydrogens is 396 g/mol. The standard InChI is InChI=1S/C19H20N4O5S/c1-11(2)17(24)20-13-5-7-14(8-6-13)21-19(29)22-18(25)12-4-9-16(28-3)15(10-12)23(26)27/h4-11H,1-3H3,(H,20,24)(H2,21,22,25,29). The Morgan fingerprint density at radius 1 is 1.07 bits per heavy atom. The Hall–Kier alpha value is -3.53. The van der Waals surface area contributed by atoms with Gasteiger partial charge in [0.25, 0.3) is 5.91 Å². The maximum atomic E-state index is 12.3. The Labute approximate surface area is 172 Å². The number of hydrogen-bond acceptors (Lipinski definition) is 6. The summed E-state index contributed by atoms with van der Waals surface area (Å²) in [6.45, 7) is 3.59. The van der Waals surface area contributed by atoms with Crippen LogP contribution >= 0.6 is 12.2 Å². The van der Waals surface area contributed by atoms with Crippen LogP contribution < -0.4 is 20.7 Å². The SMILES string of the molecule is COc1ccc(C(=O)NC(=S)Nc2ccc(NC(=O)C(C)C)cc2)cc1[N+](=O)[O-]. The Morgan fingerprint density at radius 2 is 1.66 bits per heavy atom. The third-order valence-corrected chi connectivity index (χ3v) is 4.00. The Balaban J connectivity index is 2.00. The van der Waals surface area contributed by atoms with Gasteiger partial charge in [-0.15, -0.1) is 0 Å². The van der Waals surface area contributed by atoms with Crippen LogP contribution in [0.3, 0.4) is 0 Å². The Morgan fingerprint density at radius 3 is 2.17 bits per heavy atom. The number of methoxy groups -OCH3 is 1. The summed E-state index contributed by atoms with van der Waals surface area (Å²) >= 11 is 5.11. The molecule has 0 unspecified atom stereocenters. The number of ether oxygens (including phenoxy) is 1. The molecule has 0 fully saturated rings. The van der Waals surface area contributed by atoms with Crippen molar-refractivity contribution in [3.8, 4) is 5.75 Å². The molecule has 10 heteroatoms. The number of carbonyl (C=O) groups excluding carboxylic acids is 2. The van der Waals surface area contributed by atoms with E-state index in [-0.39, 0.29) is 33.9 Å². The van der Waals surface area contributed by atoms with Gasteiger partial charge in [-0.25, -0.2) is 0 Å². The smallest absolute Gasteiger partial charge is 0.311 e. The highest BCUT2D eigenvalue weighted by Gasteiger charge is 2.18. The molecule has 0 radical (unpaired) electrons. The maximum absolute atomic E-state index is 12.3. The first-order valence-electron chi connectivity index (χ1n) is 8.57. The van der Waals surface area contributed by atoms with Crippen LogP contribution in [-0.4, -0.2) is 29.0 Å². The number of nitrogens with one attached hydrogen (secondary N) is 3. The minimum atomic E-state index is -0.633. The molecule has 2 rings (SSSR count). The lowest BCUT2D eigenvalue weighted by molar-refractivity contribution is -0.385. The highest BCUT2D eigenvalue weighted by molar-refractivity contribution is 7.80. The predicted molar refractivity (Wildman–Crippen MR) is 113 cm³/mol. The van der Waals surface area contributed by atoms with Crippen molar-refractivity contribution >= 4 is 46.2 Å².